The maximum Gasteiger partial charge on any atom is 0.288 e. The monoisotopic (exact) mass is 477 g/mol. The van der Waals surface area contributed by atoms with Crippen LogP contribution < -0.4 is 15.4 Å². The van der Waals surface area contributed by atoms with Crippen molar-refractivity contribution in [3.63, 3.8) is 0 Å². The average Bonchev–Trinajstić information content (AvgIpc) is 3.23. The second-order valence-electron chi connectivity index (χ2n) is 8.97. The van der Waals surface area contributed by atoms with Crippen molar-refractivity contribution < 1.29 is 18.7 Å². The predicted molar refractivity (Wildman–Crippen MR) is 130 cm³/mol. The largest absolute Gasteiger partial charge is 0.491 e. The fraction of sp³-hybridized carbons (Fsp3) is 0.308. The van der Waals surface area contributed by atoms with Crippen LogP contribution in [0.5, 0.6) is 5.75 Å². The van der Waals surface area contributed by atoms with Crippen LogP contribution in [0.1, 0.15) is 54.8 Å². The first kappa shape index (κ1) is 25.4. The molecule has 2 aromatic carbocycles. The molecular formula is C26H28FN5O3. The van der Waals surface area contributed by atoms with Gasteiger partial charge in [-0.05, 0) is 50.6 Å². The Bertz CT molecular complexity index is 1280. The van der Waals surface area contributed by atoms with Crippen molar-refractivity contribution >= 4 is 17.5 Å². The molecule has 9 heteroatoms. The third kappa shape index (κ3) is 7.14. The van der Waals surface area contributed by atoms with Gasteiger partial charge in [-0.3, -0.25) is 14.7 Å². The highest BCUT2D eigenvalue weighted by Gasteiger charge is 2.20. The summed E-state index contributed by atoms with van der Waals surface area (Å²) in [5, 5.41) is 6.14. The van der Waals surface area contributed by atoms with E-state index in [-0.39, 0.29) is 29.4 Å². The summed E-state index contributed by atoms with van der Waals surface area (Å²) in [7, 11) is 1.77. The van der Waals surface area contributed by atoms with Gasteiger partial charge in [0.15, 0.2) is 0 Å². The molecule has 4 rings (SSSR count). The summed E-state index contributed by atoms with van der Waals surface area (Å²) in [6.45, 7) is 6.65. The minimum absolute atomic E-state index is 0.0367. The van der Waals surface area contributed by atoms with Crippen molar-refractivity contribution in [2.24, 2.45) is 11.1 Å². The van der Waals surface area contributed by atoms with E-state index in [1.807, 2.05) is 18.2 Å². The Morgan fingerprint density at radius 2 is 2.00 bits per heavy atom. The van der Waals surface area contributed by atoms with Crippen LogP contribution >= 0.6 is 0 Å². The smallest absolute Gasteiger partial charge is 0.288 e. The minimum Gasteiger partial charge on any atom is -0.491 e. The van der Waals surface area contributed by atoms with Gasteiger partial charge in [0.25, 0.3) is 5.91 Å². The lowest BCUT2D eigenvalue weighted by Crippen LogP contribution is -2.25. The summed E-state index contributed by atoms with van der Waals surface area (Å²) in [6, 6.07) is 12.1. The molecule has 0 atom stereocenters. The highest BCUT2D eigenvalue weighted by Crippen LogP contribution is 2.31. The lowest BCUT2D eigenvalue weighted by Gasteiger charge is -2.16. The molecule has 0 aliphatic carbocycles. The number of rotatable bonds is 3. The van der Waals surface area contributed by atoms with E-state index in [0.717, 1.165) is 17.0 Å². The van der Waals surface area contributed by atoms with Crippen molar-refractivity contribution in [1.82, 2.24) is 15.2 Å². The third-order valence-electron chi connectivity index (χ3n) is 4.92. The molecule has 1 aromatic heterocycles. The number of carbonyl (C=O) groups is 2. The molecule has 0 saturated carbocycles. The van der Waals surface area contributed by atoms with Gasteiger partial charge in [-0.15, -0.1) is 5.10 Å². The Kier molecular flexibility index (Phi) is 7.87. The number of fused-ring (bicyclic) bond motifs is 1. The van der Waals surface area contributed by atoms with E-state index in [1.54, 1.807) is 30.1 Å². The standard InChI is InChI=1S/C16H19NO2.C10H9FN4O/c1-16(2,3)9-7-12-5-6-14-13(11-12)17(4)15(18)8-10-19-14;11-7-4-2-1-3-6(7)5-8-13-10(9(12)16)15-14-8/h5-6,11H,8,10H2,1-4H3;1-4H,5H2,(H2,12,16)(H,13,14,15). The van der Waals surface area contributed by atoms with E-state index in [4.69, 9.17) is 10.5 Å². The Balaban J connectivity index is 0.000000198. The van der Waals surface area contributed by atoms with E-state index >= 15 is 0 Å². The SMILES string of the molecule is CN1C(=O)CCOc2ccc(C#CC(C)(C)C)cc21.NC(=O)c1n[nH]c(Cc2ccccc2F)n1. The van der Waals surface area contributed by atoms with Crippen LogP contribution in [-0.2, 0) is 11.2 Å². The second-order valence-corrected chi connectivity index (χ2v) is 8.97. The Labute approximate surface area is 203 Å². The topological polar surface area (TPSA) is 114 Å². The summed E-state index contributed by atoms with van der Waals surface area (Å²) in [5.41, 5.74) is 7.13. The zero-order valence-electron chi connectivity index (χ0n) is 20.2. The Hall–Kier alpha value is -4.19. The summed E-state index contributed by atoms with van der Waals surface area (Å²) in [6.07, 6.45) is 0.654. The second kappa shape index (κ2) is 10.8. The van der Waals surface area contributed by atoms with Gasteiger partial charge < -0.3 is 15.4 Å². The number of hydrogen-bond acceptors (Lipinski definition) is 5. The van der Waals surface area contributed by atoms with Crippen molar-refractivity contribution in [3.05, 3.63) is 71.1 Å². The van der Waals surface area contributed by atoms with Crippen molar-refractivity contribution in [2.45, 2.75) is 33.6 Å². The van der Waals surface area contributed by atoms with Gasteiger partial charge in [-0.1, -0.05) is 30.0 Å². The van der Waals surface area contributed by atoms with Gasteiger partial charge >= 0.3 is 0 Å². The van der Waals surface area contributed by atoms with E-state index in [2.05, 4.69) is 47.8 Å². The number of ether oxygens (including phenoxy) is 1. The number of hydrogen-bond donors (Lipinski definition) is 2. The molecule has 0 unspecified atom stereocenters. The minimum atomic E-state index is -0.712. The van der Waals surface area contributed by atoms with Gasteiger partial charge in [0, 0.05) is 24.4 Å². The molecule has 0 saturated heterocycles. The summed E-state index contributed by atoms with van der Waals surface area (Å²) in [4.78, 5) is 28.0. The van der Waals surface area contributed by atoms with E-state index in [9.17, 15) is 14.0 Å². The molecule has 182 valence electrons. The number of primary amides is 1. The normalized spacial score (nSPS) is 12.8. The van der Waals surface area contributed by atoms with Crippen LogP contribution in [0.2, 0.25) is 0 Å². The first-order valence-electron chi connectivity index (χ1n) is 11.0. The Morgan fingerprint density at radius 1 is 1.26 bits per heavy atom. The van der Waals surface area contributed by atoms with E-state index in [1.165, 1.54) is 6.07 Å². The zero-order valence-corrected chi connectivity index (χ0v) is 20.2. The molecule has 35 heavy (non-hydrogen) atoms. The van der Waals surface area contributed by atoms with Gasteiger partial charge in [-0.25, -0.2) is 9.37 Å². The van der Waals surface area contributed by atoms with Gasteiger partial charge in [-0.2, -0.15) is 0 Å². The number of halogens is 1. The highest BCUT2D eigenvalue weighted by atomic mass is 19.1. The van der Waals surface area contributed by atoms with E-state index < -0.39 is 5.91 Å². The molecule has 0 fully saturated rings. The summed E-state index contributed by atoms with van der Waals surface area (Å²) < 4.78 is 18.9. The molecule has 1 aliphatic heterocycles. The number of benzene rings is 2. The van der Waals surface area contributed by atoms with Crippen LogP contribution in [-0.4, -0.2) is 40.7 Å². The molecule has 2 amide bonds. The average molecular weight is 478 g/mol. The predicted octanol–water partition coefficient (Wildman–Crippen LogP) is 3.46. The van der Waals surface area contributed by atoms with Crippen LogP contribution in [0, 0.1) is 23.1 Å². The number of aromatic nitrogens is 3. The van der Waals surface area contributed by atoms with Crippen LogP contribution in [0.3, 0.4) is 0 Å². The van der Waals surface area contributed by atoms with Crippen molar-refractivity contribution in [2.75, 3.05) is 18.6 Å². The molecular weight excluding hydrogens is 449 g/mol. The number of anilines is 1. The molecule has 2 heterocycles. The molecule has 0 radical (unpaired) electrons. The fourth-order valence-electron chi connectivity index (χ4n) is 3.10. The summed E-state index contributed by atoms with van der Waals surface area (Å²) >= 11 is 0. The lowest BCUT2D eigenvalue weighted by atomic mass is 9.97. The third-order valence-corrected chi connectivity index (χ3v) is 4.92. The highest BCUT2D eigenvalue weighted by molar-refractivity contribution is 5.95. The Morgan fingerprint density at radius 3 is 2.66 bits per heavy atom. The molecule has 3 N–H and O–H groups in total. The number of carbonyl (C=O) groups excluding carboxylic acids is 2. The van der Waals surface area contributed by atoms with Gasteiger partial charge in [0.1, 0.15) is 17.4 Å². The van der Waals surface area contributed by atoms with Gasteiger partial charge in [0.2, 0.25) is 11.7 Å². The zero-order chi connectivity index (χ0) is 25.6. The van der Waals surface area contributed by atoms with Crippen molar-refractivity contribution in [1.29, 1.82) is 0 Å². The lowest BCUT2D eigenvalue weighted by molar-refractivity contribution is -0.118. The molecule has 8 nitrogen and oxygen atoms in total. The van der Waals surface area contributed by atoms with E-state index in [0.29, 0.717) is 24.4 Å². The van der Waals surface area contributed by atoms with Crippen LogP contribution in [0.25, 0.3) is 0 Å². The maximum atomic E-state index is 13.3. The molecule has 0 bridgehead atoms. The fourth-order valence-corrected chi connectivity index (χ4v) is 3.10. The number of nitrogens with two attached hydrogens (primary N) is 1. The van der Waals surface area contributed by atoms with Crippen LogP contribution in [0.4, 0.5) is 10.1 Å². The van der Waals surface area contributed by atoms with Crippen LogP contribution in [0.15, 0.2) is 42.5 Å². The maximum absolute atomic E-state index is 13.3. The molecule has 0 spiro atoms. The van der Waals surface area contributed by atoms with Crippen molar-refractivity contribution in [3.8, 4) is 17.6 Å². The number of H-pyrrole nitrogens is 1. The van der Waals surface area contributed by atoms with Gasteiger partial charge in [0.05, 0.1) is 18.7 Å². The first-order valence-corrected chi connectivity index (χ1v) is 11.0. The molecule has 1 aliphatic rings. The number of amides is 2. The number of aromatic amines is 1. The summed E-state index contributed by atoms with van der Waals surface area (Å²) in [5.74, 6) is 6.43. The molecule has 3 aromatic rings. The first-order chi connectivity index (χ1) is 16.5. The number of nitrogens with zero attached hydrogens (tertiary/aromatic N) is 3. The quantitative estimate of drug-likeness (QED) is 0.561. The number of nitrogens with one attached hydrogen (secondary N) is 1.